The third-order valence-corrected chi connectivity index (χ3v) is 3.52. The molecule has 1 atom stereocenters. The third kappa shape index (κ3) is 4.47. The molecule has 2 rings (SSSR count). The van der Waals surface area contributed by atoms with Crippen molar-refractivity contribution < 1.29 is 9.53 Å². The van der Waals surface area contributed by atoms with E-state index in [2.05, 4.69) is 15.7 Å². The Morgan fingerprint density at radius 2 is 2.09 bits per heavy atom. The van der Waals surface area contributed by atoms with E-state index >= 15 is 0 Å². The van der Waals surface area contributed by atoms with Gasteiger partial charge in [-0.25, -0.2) is 4.79 Å². The summed E-state index contributed by atoms with van der Waals surface area (Å²) >= 11 is 5.88. The van der Waals surface area contributed by atoms with E-state index < -0.39 is 0 Å². The van der Waals surface area contributed by atoms with Crippen LogP contribution in [0, 0.1) is 0 Å². The molecule has 2 N–H and O–H groups in total. The molecule has 1 aromatic heterocycles. The number of carbonyl (C=O) groups is 1. The number of urea groups is 1. The summed E-state index contributed by atoms with van der Waals surface area (Å²) in [7, 11) is 3.43. The first-order chi connectivity index (χ1) is 10.6. The van der Waals surface area contributed by atoms with E-state index in [0.29, 0.717) is 18.2 Å². The van der Waals surface area contributed by atoms with Gasteiger partial charge in [-0.2, -0.15) is 5.10 Å². The molecule has 0 bridgehead atoms. The number of hydrogen-bond acceptors (Lipinski definition) is 3. The topological polar surface area (TPSA) is 68.2 Å². The van der Waals surface area contributed by atoms with Gasteiger partial charge in [0.05, 0.1) is 24.9 Å². The van der Waals surface area contributed by atoms with Gasteiger partial charge in [-0.05, 0) is 23.8 Å². The quantitative estimate of drug-likeness (QED) is 0.857. The van der Waals surface area contributed by atoms with Crippen molar-refractivity contribution in [3.05, 3.63) is 52.8 Å². The highest BCUT2D eigenvalue weighted by Gasteiger charge is 2.14. The molecule has 0 unspecified atom stereocenters. The van der Waals surface area contributed by atoms with Gasteiger partial charge in [0, 0.05) is 25.4 Å². The van der Waals surface area contributed by atoms with Crippen LogP contribution in [0.2, 0.25) is 5.02 Å². The van der Waals surface area contributed by atoms with Crippen LogP contribution in [0.4, 0.5) is 4.79 Å². The summed E-state index contributed by atoms with van der Waals surface area (Å²) in [5.74, 6) is 0. The molecule has 0 aliphatic rings. The molecule has 0 aliphatic heterocycles. The van der Waals surface area contributed by atoms with Crippen LogP contribution >= 0.6 is 11.6 Å². The number of aromatic nitrogens is 2. The predicted octanol–water partition coefficient (Wildman–Crippen LogP) is 2.26. The van der Waals surface area contributed by atoms with Gasteiger partial charge in [0.25, 0.3) is 0 Å². The zero-order valence-corrected chi connectivity index (χ0v) is 13.3. The summed E-state index contributed by atoms with van der Waals surface area (Å²) in [5.41, 5.74) is 1.85. The van der Waals surface area contributed by atoms with Crippen molar-refractivity contribution in [2.45, 2.75) is 12.6 Å². The molecule has 22 heavy (non-hydrogen) atoms. The molecule has 1 aromatic carbocycles. The van der Waals surface area contributed by atoms with Crippen molar-refractivity contribution in [1.82, 2.24) is 20.4 Å². The Morgan fingerprint density at radius 3 is 2.68 bits per heavy atom. The van der Waals surface area contributed by atoms with Gasteiger partial charge in [-0.15, -0.1) is 0 Å². The molecule has 7 heteroatoms. The summed E-state index contributed by atoms with van der Waals surface area (Å²) in [5, 5.41) is 10.4. The van der Waals surface area contributed by atoms with Crippen molar-refractivity contribution in [1.29, 1.82) is 0 Å². The third-order valence-electron chi connectivity index (χ3n) is 3.26. The normalized spacial score (nSPS) is 12.0. The minimum atomic E-state index is -0.266. The number of hydrogen-bond donors (Lipinski definition) is 2. The van der Waals surface area contributed by atoms with E-state index in [4.69, 9.17) is 16.3 Å². The summed E-state index contributed by atoms with van der Waals surface area (Å²) < 4.78 is 6.88. The smallest absolute Gasteiger partial charge is 0.315 e. The first kappa shape index (κ1) is 16.3. The minimum Gasteiger partial charge on any atom is -0.382 e. The number of methoxy groups -OCH3 is 1. The van der Waals surface area contributed by atoms with Crippen LogP contribution in [-0.4, -0.2) is 29.5 Å². The second-order valence-corrected chi connectivity index (χ2v) is 5.27. The average Bonchev–Trinajstić information content (AvgIpc) is 2.91. The number of ether oxygens (including phenoxy) is 1. The number of halogens is 1. The lowest BCUT2D eigenvalue weighted by Crippen LogP contribution is -2.39. The van der Waals surface area contributed by atoms with Crippen LogP contribution in [-0.2, 0) is 18.3 Å². The Morgan fingerprint density at radius 1 is 1.36 bits per heavy atom. The number of nitrogens with zero attached hydrogens (tertiary/aromatic N) is 2. The summed E-state index contributed by atoms with van der Waals surface area (Å²) in [4.78, 5) is 12.0. The Balaban J connectivity index is 1.94. The van der Waals surface area contributed by atoms with Crippen LogP contribution in [0.15, 0.2) is 36.5 Å². The van der Waals surface area contributed by atoms with Crippen LogP contribution in [0.1, 0.15) is 17.3 Å². The number of aryl methyl sites for hydroxylation is 1. The molecule has 0 fully saturated rings. The van der Waals surface area contributed by atoms with Crippen molar-refractivity contribution in [3.8, 4) is 0 Å². The lowest BCUT2D eigenvalue weighted by Gasteiger charge is -2.19. The van der Waals surface area contributed by atoms with Crippen LogP contribution in [0.3, 0.4) is 0 Å². The van der Waals surface area contributed by atoms with Gasteiger partial charge in [0.15, 0.2) is 0 Å². The van der Waals surface area contributed by atoms with E-state index in [0.717, 1.165) is 11.3 Å². The van der Waals surface area contributed by atoms with E-state index in [9.17, 15) is 4.79 Å². The lowest BCUT2D eigenvalue weighted by molar-refractivity contribution is 0.166. The number of amides is 2. The van der Waals surface area contributed by atoms with Crippen molar-refractivity contribution in [2.24, 2.45) is 7.05 Å². The van der Waals surface area contributed by atoms with Gasteiger partial charge < -0.3 is 15.4 Å². The fourth-order valence-corrected chi connectivity index (χ4v) is 2.16. The van der Waals surface area contributed by atoms with Gasteiger partial charge in [-0.3, -0.25) is 4.68 Å². The maximum absolute atomic E-state index is 12.0. The molecule has 0 radical (unpaired) electrons. The number of rotatable bonds is 6. The fourth-order valence-electron chi connectivity index (χ4n) is 2.04. The number of benzene rings is 1. The first-order valence-electron chi connectivity index (χ1n) is 6.86. The predicted molar refractivity (Wildman–Crippen MR) is 84.6 cm³/mol. The van der Waals surface area contributed by atoms with E-state index in [-0.39, 0.29) is 12.1 Å². The molecule has 0 aliphatic carbocycles. The molecule has 6 nitrogen and oxygen atoms in total. The van der Waals surface area contributed by atoms with Crippen LogP contribution in [0.5, 0.6) is 0 Å². The molecule has 0 saturated carbocycles. The maximum atomic E-state index is 12.0. The standard InChI is InChI=1S/C15H19ClN4O2/c1-20-13(7-8-18-20)9-17-15(21)19-14(10-22-2)11-3-5-12(16)6-4-11/h3-8,14H,9-10H2,1-2H3,(H2,17,19,21)/t14-/m1/s1. The number of carbonyl (C=O) groups excluding carboxylic acids is 1. The Labute approximate surface area is 134 Å². The Hall–Kier alpha value is -2.05. The van der Waals surface area contributed by atoms with E-state index in [1.165, 1.54) is 0 Å². The van der Waals surface area contributed by atoms with Crippen molar-refractivity contribution in [2.75, 3.05) is 13.7 Å². The summed E-state index contributed by atoms with van der Waals surface area (Å²) in [6, 6.07) is 8.66. The minimum absolute atomic E-state index is 0.242. The Bertz CT molecular complexity index is 612. The van der Waals surface area contributed by atoms with E-state index in [1.54, 1.807) is 30.1 Å². The van der Waals surface area contributed by atoms with E-state index in [1.807, 2.05) is 25.2 Å². The van der Waals surface area contributed by atoms with Crippen LogP contribution in [0.25, 0.3) is 0 Å². The monoisotopic (exact) mass is 322 g/mol. The maximum Gasteiger partial charge on any atom is 0.315 e. The summed E-state index contributed by atoms with van der Waals surface area (Å²) in [6.07, 6.45) is 1.69. The molecule has 2 amide bonds. The van der Waals surface area contributed by atoms with Crippen LogP contribution < -0.4 is 10.6 Å². The molecule has 0 saturated heterocycles. The molecule has 0 spiro atoms. The zero-order chi connectivity index (χ0) is 15.9. The first-order valence-corrected chi connectivity index (χ1v) is 7.23. The largest absolute Gasteiger partial charge is 0.382 e. The SMILES string of the molecule is COC[C@@H](NC(=O)NCc1ccnn1C)c1ccc(Cl)cc1. The highest BCUT2D eigenvalue weighted by Crippen LogP contribution is 2.16. The lowest BCUT2D eigenvalue weighted by atomic mass is 10.1. The second-order valence-electron chi connectivity index (χ2n) is 4.83. The molecular formula is C15H19ClN4O2. The van der Waals surface area contributed by atoms with Crippen molar-refractivity contribution >= 4 is 17.6 Å². The van der Waals surface area contributed by atoms with Crippen molar-refractivity contribution in [3.63, 3.8) is 0 Å². The number of nitrogens with one attached hydrogen (secondary N) is 2. The average molecular weight is 323 g/mol. The molecule has 118 valence electrons. The zero-order valence-electron chi connectivity index (χ0n) is 12.5. The fraction of sp³-hybridized carbons (Fsp3) is 0.333. The molecular weight excluding hydrogens is 304 g/mol. The van der Waals surface area contributed by atoms with Gasteiger partial charge in [0.2, 0.25) is 0 Å². The Kier molecular flexibility index (Phi) is 5.80. The highest BCUT2D eigenvalue weighted by molar-refractivity contribution is 6.30. The van der Waals surface area contributed by atoms with Gasteiger partial charge >= 0.3 is 6.03 Å². The van der Waals surface area contributed by atoms with Gasteiger partial charge in [-0.1, -0.05) is 23.7 Å². The molecule has 2 aromatic rings. The summed E-state index contributed by atoms with van der Waals surface area (Å²) in [6.45, 7) is 0.781. The second kappa shape index (κ2) is 7.82. The molecule has 1 heterocycles. The highest BCUT2D eigenvalue weighted by atomic mass is 35.5. The van der Waals surface area contributed by atoms with Gasteiger partial charge in [0.1, 0.15) is 0 Å².